The standard InChI is InChI=1S/C16H23NO6/c1-8-4-5-11(6-9(8)2)22-16-13(17-10(3)19)15(21)14(20)12(7-18)23-16/h4-6,12-16,18,20-21H,7H2,1-3H3,(H,17,19)/t12-,13-,14-,15-,16-/m1/s1. The highest BCUT2D eigenvalue weighted by Crippen LogP contribution is 2.25. The van der Waals surface area contributed by atoms with Crippen LogP contribution in [0.4, 0.5) is 0 Å². The maximum absolute atomic E-state index is 11.3. The summed E-state index contributed by atoms with van der Waals surface area (Å²) in [4.78, 5) is 11.3. The van der Waals surface area contributed by atoms with Crippen molar-refractivity contribution < 1.29 is 29.6 Å². The molecule has 0 aromatic heterocycles. The molecule has 1 aliphatic heterocycles. The number of aryl methyl sites for hydroxylation is 2. The van der Waals surface area contributed by atoms with E-state index >= 15 is 0 Å². The quantitative estimate of drug-likeness (QED) is 0.601. The zero-order valence-corrected chi connectivity index (χ0v) is 13.4. The van der Waals surface area contributed by atoms with Gasteiger partial charge in [0.2, 0.25) is 12.2 Å². The van der Waals surface area contributed by atoms with E-state index in [0.717, 1.165) is 11.1 Å². The third-order valence-corrected chi connectivity index (χ3v) is 3.98. The minimum atomic E-state index is -1.32. The van der Waals surface area contributed by atoms with Gasteiger partial charge < -0.3 is 30.1 Å². The molecule has 7 nitrogen and oxygen atoms in total. The molecule has 2 rings (SSSR count). The number of aliphatic hydroxyl groups is 3. The van der Waals surface area contributed by atoms with Crippen LogP contribution in [0.5, 0.6) is 5.75 Å². The van der Waals surface area contributed by atoms with Crippen LogP contribution in [0.3, 0.4) is 0 Å². The van der Waals surface area contributed by atoms with Crippen LogP contribution in [0.15, 0.2) is 18.2 Å². The predicted molar refractivity (Wildman–Crippen MR) is 81.9 cm³/mol. The lowest BCUT2D eigenvalue weighted by Crippen LogP contribution is -2.65. The number of rotatable bonds is 4. The lowest BCUT2D eigenvalue weighted by atomic mass is 9.97. The average Bonchev–Trinajstić information content (AvgIpc) is 2.50. The van der Waals surface area contributed by atoms with Gasteiger partial charge in [-0.1, -0.05) is 6.07 Å². The Kier molecular flexibility index (Phi) is 5.59. The Morgan fingerprint density at radius 1 is 1.26 bits per heavy atom. The van der Waals surface area contributed by atoms with Crippen molar-refractivity contribution in [3.63, 3.8) is 0 Å². The molecule has 0 unspecified atom stereocenters. The van der Waals surface area contributed by atoms with Crippen LogP contribution >= 0.6 is 0 Å². The van der Waals surface area contributed by atoms with Crippen LogP contribution < -0.4 is 10.1 Å². The summed E-state index contributed by atoms with van der Waals surface area (Å²) in [6.07, 6.45) is -4.67. The summed E-state index contributed by atoms with van der Waals surface area (Å²) >= 11 is 0. The molecule has 1 aromatic carbocycles. The Labute approximate surface area is 134 Å². The fourth-order valence-corrected chi connectivity index (χ4v) is 2.49. The molecule has 1 aliphatic rings. The van der Waals surface area contributed by atoms with E-state index < -0.39 is 37.3 Å². The first-order chi connectivity index (χ1) is 10.8. The van der Waals surface area contributed by atoms with Gasteiger partial charge in [0.1, 0.15) is 30.1 Å². The molecule has 23 heavy (non-hydrogen) atoms. The van der Waals surface area contributed by atoms with Crippen molar-refractivity contribution in [2.45, 2.75) is 51.4 Å². The lowest BCUT2D eigenvalue weighted by Gasteiger charge is -2.42. The van der Waals surface area contributed by atoms with Crippen molar-refractivity contribution in [2.24, 2.45) is 0 Å². The van der Waals surface area contributed by atoms with Gasteiger partial charge in [-0.3, -0.25) is 4.79 Å². The second kappa shape index (κ2) is 7.27. The molecule has 1 amide bonds. The first-order valence-corrected chi connectivity index (χ1v) is 7.47. The molecule has 128 valence electrons. The SMILES string of the molecule is CC(=O)N[C@H]1[C@H](Oc2ccc(C)c(C)c2)O[C@H](CO)[C@@H](O)[C@@H]1O. The highest BCUT2D eigenvalue weighted by atomic mass is 16.7. The van der Waals surface area contributed by atoms with Gasteiger partial charge in [0, 0.05) is 6.92 Å². The molecule has 4 N–H and O–H groups in total. The first-order valence-electron chi connectivity index (χ1n) is 7.47. The van der Waals surface area contributed by atoms with Crippen molar-refractivity contribution in [1.82, 2.24) is 5.32 Å². The Morgan fingerprint density at radius 3 is 2.52 bits per heavy atom. The molecule has 5 atom stereocenters. The highest BCUT2D eigenvalue weighted by molar-refractivity contribution is 5.73. The average molecular weight is 325 g/mol. The van der Waals surface area contributed by atoms with Crippen molar-refractivity contribution in [1.29, 1.82) is 0 Å². The number of aliphatic hydroxyl groups excluding tert-OH is 3. The number of carbonyl (C=O) groups excluding carboxylic acids is 1. The Morgan fingerprint density at radius 2 is 1.96 bits per heavy atom. The van der Waals surface area contributed by atoms with E-state index in [1.807, 2.05) is 26.0 Å². The van der Waals surface area contributed by atoms with Crippen molar-refractivity contribution >= 4 is 5.91 Å². The van der Waals surface area contributed by atoms with Crippen LogP contribution in [0.25, 0.3) is 0 Å². The van der Waals surface area contributed by atoms with Crippen LogP contribution in [0.2, 0.25) is 0 Å². The van der Waals surface area contributed by atoms with Gasteiger partial charge in [-0.15, -0.1) is 0 Å². The minimum Gasteiger partial charge on any atom is -0.463 e. The van der Waals surface area contributed by atoms with Gasteiger partial charge in [-0.2, -0.15) is 0 Å². The number of hydrogen-bond donors (Lipinski definition) is 4. The smallest absolute Gasteiger partial charge is 0.223 e. The molecule has 7 heteroatoms. The molecule has 1 fully saturated rings. The second-order valence-electron chi connectivity index (χ2n) is 5.80. The van der Waals surface area contributed by atoms with E-state index in [1.54, 1.807) is 6.07 Å². The Bertz CT molecular complexity index is 564. The van der Waals surface area contributed by atoms with E-state index in [-0.39, 0.29) is 5.91 Å². The highest BCUT2D eigenvalue weighted by Gasteiger charge is 2.46. The first kappa shape index (κ1) is 17.7. The maximum atomic E-state index is 11.3. The molecule has 0 aliphatic carbocycles. The van der Waals surface area contributed by atoms with Gasteiger partial charge in [0.25, 0.3) is 0 Å². The zero-order chi connectivity index (χ0) is 17.1. The number of carbonyl (C=O) groups is 1. The van der Waals surface area contributed by atoms with Gasteiger partial charge >= 0.3 is 0 Å². The van der Waals surface area contributed by atoms with Gasteiger partial charge in [0.05, 0.1) is 6.61 Å². The van der Waals surface area contributed by atoms with Crippen molar-refractivity contribution in [3.8, 4) is 5.75 Å². The number of nitrogens with one attached hydrogen (secondary N) is 1. The predicted octanol–water partition coefficient (Wildman–Crippen LogP) is -0.374. The monoisotopic (exact) mass is 325 g/mol. The molecule has 0 saturated carbocycles. The van der Waals surface area contributed by atoms with Crippen LogP contribution in [0.1, 0.15) is 18.1 Å². The molecule has 1 heterocycles. The fourth-order valence-electron chi connectivity index (χ4n) is 2.49. The summed E-state index contributed by atoms with van der Waals surface area (Å²) in [7, 11) is 0. The Balaban J connectivity index is 2.23. The third-order valence-electron chi connectivity index (χ3n) is 3.98. The van der Waals surface area contributed by atoms with Gasteiger partial charge in [0.15, 0.2) is 0 Å². The number of hydrogen-bond acceptors (Lipinski definition) is 6. The second-order valence-corrected chi connectivity index (χ2v) is 5.80. The maximum Gasteiger partial charge on any atom is 0.223 e. The number of ether oxygens (including phenoxy) is 2. The van der Waals surface area contributed by atoms with E-state index in [0.29, 0.717) is 5.75 Å². The third kappa shape index (κ3) is 4.00. The van der Waals surface area contributed by atoms with Gasteiger partial charge in [-0.05, 0) is 37.1 Å². The molecule has 0 bridgehead atoms. The number of amides is 1. The summed E-state index contributed by atoms with van der Waals surface area (Å²) in [6, 6.07) is 4.50. The number of benzene rings is 1. The summed E-state index contributed by atoms with van der Waals surface area (Å²) in [5, 5.41) is 31.9. The Hall–Kier alpha value is -1.67. The van der Waals surface area contributed by atoms with Crippen molar-refractivity contribution in [3.05, 3.63) is 29.3 Å². The van der Waals surface area contributed by atoms with Crippen LogP contribution in [-0.2, 0) is 9.53 Å². The summed E-state index contributed by atoms with van der Waals surface area (Å²) < 4.78 is 11.2. The lowest BCUT2D eigenvalue weighted by molar-refractivity contribution is -0.244. The molecular formula is C16H23NO6. The van der Waals surface area contributed by atoms with E-state index in [9.17, 15) is 20.1 Å². The normalized spacial score (nSPS) is 30.8. The van der Waals surface area contributed by atoms with E-state index in [1.165, 1.54) is 6.92 Å². The molecule has 1 aromatic rings. The summed E-state index contributed by atoms with van der Waals surface area (Å²) in [5.74, 6) is 0.120. The van der Waals surface area contributed by atoms with E-state index in [2.05, 4.69) is 5.32 Å². The topological polar surface area (TPSA) is 108 Å². The largest absolute Gasteiger partial charge is 0.463 e. The van der Waals surface area contributed by atoms with Gasteiger partial charge in [-0.25, -0.2) is 0 Å². The summed E-state index contributed by atoms with van der Waals surface area (Å²) in [6.45, 7) is 4.73. The molecule has 1 saturated heterocycles. The van der Waals surface area contributed by atoms with Crippen LogP contribution in [0, 0.1) is 13.8 Å². The molecule has 0 spiro atoms. The summed E-state index contributed by atoms with van der Waals surface area (Å²) in [5.41, 5.74) is 2.12. The minimum absolute atomic E-state index is 0.388. The fraction of sp³-hybridized carbons (Fsp3) is 0.562. The van der Waals surface area contributed by atoms with E-state index in [4.69, 9.17) is 9.47 Å². The molecular weight excluding hydrogens is 302 g/mol. The molecule has 0 radical (unpaired) electrons. The van der Waals surface area contributed by atoms with Crippen LogP contribution in [-0.4, -0.2) is 58.5 Å². The van der Waals surface area contributed by atoms with Crippen molar-refractivity contribution in [2.75, 3.05) is 6.61 Å². The zero-order valence-electron chi connectivity index (χ0n) is 13.4.